The van der Waals surface area contributed by atoms with Crippen molar-refractivity contribution in [1.29, 1.82) is 0 Å². The van der Waals surface area contributed by atoms with Gasteiger partial charge in [-0.15, -0.1) is 0 Å². The molecule has 0 radical (unpaired) electrons. The molecule has 1 saturated carbocycles. The van der Waals surface area contributed by atoms with Crippen LogP contribution in [0, 0.1) is 12.8 Å². The number of methoxy groups -OCH3 is 1. The number of aryl methyl sites for hydroxylation is 1. The molecule has 1 amide bonds. The maximum Gasteiger partial charge on any atom is 0.337 e. The summed E-state index contributed by atoms with van der Waals surface area (Å²) in [6.45, 7) is 1.86. The fourth-order valence-electron chi connectivity index (χ4n) is 1.74. The van der Waals surface area contributed by atoms with Crippen molar-refractivity contribution < 1.29 is 14.3 Å². The Kier molecular flexibility index (Phi) is 3.34. The van der Waals surface area contributed by atoms with Gasteiger partial charge in [-0.05, 0) is 31.0 Å². The van der Waals surface area contributed by atoms with E-state index in [0.29, 0.717) is 11.3 Å². The van der Waals surface area contributed by atoms with Gasteiger partial charge >= 0.3 is 5.97 Å². The average Bonchev–Trinajstić information content (AvgIpc) is 3.08. The number of hydrogen-bond acceptors (Lipinski definition) is 4. The van der Waals surface area contributed by atoms with Gasteiger partial charge in [-0.25, -0.2) is 4.79 Å². The summed E-state index contributed by atoms with van der Waals surface area (Å²) in [4.78, 5) is 23.2. The number of nitrogens with one attached hydrogen (secondary N) is 1. The summed E-state index contributed by atoms with van der Waals surface area (Å²) in [7, 11) is 1.32. The van der Waals surface area contributed by atoms with Crippen molar-refractivity contribution in [2.75, 3.05) is 12.4 Å². The summed E-state index contributed by atoms with van der Waals surface area (Å²) in [6, 6.07) is 5.02. The highest BCUT2D eigenvalue weighted by atomic mass is 16.5. The van der Waals surface area contributed by atoms with Gasteiger partial charge in [0.25, 0.3) is 0 Å². The number of ether oxygens (including phenoxy) is 1. The standard InChI is InChI=1S/C13H16N2O3/c1-7-3-4-8(13(17)18-2)5-11(7)15-12(16)9-6-10(9)14/h3-5,9-10H,6,14H2,1-2H3,(H,15,16). The fraction of sp³-hybridized carbons (Fsp3) is 0.385. The topological polar surface area (TPSA) is 81.4 Å². The van der Waals surface area contributed by atoms with Crippen LogP contribution >= 0.6 is 0 Å². The van der Waals surface area contributed by atoms with Crippen molar-refractivity contribution in [1.82, 2.24) is 0 Å². The lowest BCUT2D eigenvalue weighted by Crippen LogP contribution is -2.19. The summed E-state index contributed by atoms with van der Waals surface area (Å²) < 4.78 is 4.64. The van der Waals surface area contributed by atoms with Crippen molar-refractivity contribution in [2.45, 2.75) is 19.4 Å². The fourth-order valence-corrected chi connectivity index (χ4v) is 1.74. The first-order chi connectivity index (χ1) is 8.52. The normalized spacial score (nSPS) is 21.3. The van der Waals surface area contributed by atoms with Crippen molar-refractivity contribution in [3.05, 3.63) is 29.3 Å². The third-order valence-electron chi connectivity index (χ3n) is 3.09. The molecule has 96 valence electrons. The van der Waals surface area contributed by atoms with Gasteiger partial charge in [0.15, 0.2) is 0 Å². The quantitative estimate of drug-likeness (QED) is 0.784. The molecule has 5 heteroatoms. The molecule has 2 atom stereocenters. The van der Waals surface area contributed by atoms with Gasteiger partial charge in [0.1, 0.15) is 0 Å². The summed E-state index contributed by atoms with van der Waals surface area (Å²) in [5.41, 5.74) is 7.56. The largest absolute Gasteiger partial charge is 0.465 e. The monoisotopic (exact) mass is 248 g/mol. The first-order valence-electron chi connectivity index (χ1n) is 5.78. The maximum absolute atomic E-state index is 11.8. The zero-order chi connectivity index (χ0) is 13.3. The molecule has 5 nitrogen and oxygen atoms in total. The number of hydrogen-bond donors (Lipinski definition) is 2. The van der Waals surface area contributed by atoms with Crippen molar-refractivity contribution >= 4 is 17.6 Å². The van der Waals surface area contributed by atoms with E-state index in [1.54, 1.807) is 18.2 Å². The molecule has 1 fully saturated rings. The second-order valence-corrected chi connectivity index (χ2v) is 4.52. The van der Waals surface area contributed by atoms with E-state index in [4.69, 9.17) is 5.73 Å². The van der Waals surface area contributed by atoms with Crippen LogP contribution in [0.2, 0.25) is 0 Å². The summed E-state index contributed by atoms with van der Waals surface area (Å²) in [6.07, 6.45) is 0.724. The summed E-state index contributed by atoms with van der Waals surface area (Å²) in [5, 5.41) is 2.80. The maximum atomic E-state index is 11.8. The number of carbonyl (C=O) groups excluding carboxylic acids is 2. The first kappa shape index (κ1) is 12.6. The Morgan fingerprint density at radius 2 is 2.11 bits per heavy atom. The summed E-state index contributed by atoms with van der Waals surface area (Å²) >= 11 is 0. The molecule has 0 heterocycles. The molecular formula is C13H16N2O3. The van der Waals surface area contributed by atoms with Gasteiger partial charge in [0.05, 0.1) is 18.6 Å². The highest BCUT2D eigenvalue weighted by Gasteiger charge is 2.40. The van der Waals surface area contributed by atoms with Gasteiger partial charge in [0.2, 0.25) is 5.91 Å². The number of anilines is 1. The molecule has 0 saturated heterocycles. The van der Waals surface area contributed by atoms with Crippen molar-refractivity contribution in [3.8, 4) is 0 Å². The molecular weight excluding hydrogens is 232 g/mol. The molecule has 0 spiro atoms. The Hall–Kier alpha value is -1.88. The summed E-state index contributed by atoms with van der Waals surface area (Å²) in [5.74, 6) is -0.618. The number of amides is 1. The zero-order valence-corrected chi connectivity index (χ0v) is 10.4. The Bertz CT molecular complexity index is 499. The average molecular weight is 248 g/mol. The van der Waals surface area contributed by atoms with Crippen LogP contribution in [0.3, 0.4) is 0 Å². The van der Waals surface area contributed by atoms with Crippen LogP contribution in [-0.2, 0) is 9.53 Å². The van der Waals surface area contributed by atoms with Crippen LogP contribution < -0.4 is 11.1 Å². The molecule has 1 aliphatic rings. The minimum Gasteiger partial charge on any atom is -0.465 e. The molecule has 2 unspecified atom stereocenters. The van der Waals surface area contributed by atoms with Crippen molar-refractivity contribution in [3.63, 3.8) is 0 Å². The van der Waals surface area contributed by atoms with E-state index in [2.05, 4.69) is 10.1 Å². The minimum absolute atomic E-state index is 0.0332. The lowest BCUT2D eigenvalue weighted by molar-refractivity contribution is -0.117. The smallest absolute Gasteiger partial charge is 0.337 e. The predicted molar refractivity (Wildman–Crippen MR) is 67.2 cm³/mol. The first-order valence-corrected chi connectivity index (χ1v) is 5.78. The van der Waals surface area contributed by atoms with E-state index in [-0.39, 0.29) is 17.9 Å². The molecule has 18 heavy (non-hydrogen) atoms. The number of benzene rings is 1. The van der Waals surface area contributed by atoms with E-state index in [1.807, 2.05) is 6.92 Å². The number of esters is 1. The van der Waals surface area contributed by atoms with Gasteiger partial charge in [-0.2, -0.15) is 0 Å². The molecule has 0 aliphatic heterocycles. The minimum atomic E-state index is -0.423. The van der Waals surface area contributed by atoms with Gasteiger partial charge in [-0.3, -0.25) is 4.79 Å². The Balaban J connectivity index is 2.16. The van der Waals surface area contributed by atoms with Crippen molar-refractivity contribution in [2.24, 2.45) is 11.7 Å². The predicted octanol–water partition coefficient (Wildman–Crippen LogP) is 1.07. The van der Waals surface area contributed by atoms with Crippen LogP contribution in [0.4, 0.5) is 5.69 Å². The lowest BCUT2D eigenvalue weighted by Gasteiger charge is -2.09. The molecule has 1 aliphatic carbocycles. The second-order valence-electron chi connectivity index (χ2n) is 4.52. The van der Waals surface area contributed by atoms with Crippen LogP contribution in [0.25, 0.3) is 0 Å². The lowest BCUT2D eigenvalue weighted by atomic mass is 10.1. The third-order valence-corrected chi connectivity index (χ3v) is 3.09. The van der Waals surface area contributed by atoms with E-state index < -0.39 is 5.97 Å². The molecule has 3 N–H and O–H groups in total. The van der Waals surface area contributed by atoms with E-state index in [0.717, 1.165) is 12.0 Å². The number of nitrogens with two attached hydrogens (primary N) is 1. The highest BCUT2D eigenvalue weighted by molar-refractivity contribution is 5.97. The SMILES string of the molecule is COC(=O)c1ccc(C)c(NC(=O)C2CC2N)c1. The van der Waals surface area contributed by atoms with Crippen LogP contribution in [0.5, 0.6) is 0 Å². The number of rotatable bonds is 3. The van der Waals surface area contributed by atoms with Crippen LogP contribution in [0.15, 0.2) is 18.2 Å². The highest BCUT2D eigenvalue weighted by Crippen LogP contribution is 2.29. The Labute approximate surface area is 105 Å². The van der Waals surface area contributed by atoms with E-state index in [9.17, 15) is 9.59 Å². The van der Waals surface area contributed by atoms with Gasteiger partial charge in [-0.1, -0.05) is 6.07 Å². The second kappa shape index (κ2) is 4.78. The molecule has 0 aromatic heterocycles. The molecule has 1 aromatic rings. The van der Waals surface area contributed by atoms with E-state index in [1.165, 1.54) is 7.11 Å². The van der Waals surface area contributed by atoms with Crippen LogP contribution in [0.1, 0.15) is 22.3 Å². The van der Waals surface area contributed by atoms with Crippen LogP contribution in [-0.4, -0.2) is 25.0 Å². The third kappa shape index (κ3) is 2.51. The van der Waals surface area contributed by atoms with Gasteiger partial charge in [0, 0.05) is 11.7 Å². The number of carbonyl (C=O) groups is 2. The molecule has 2 rings (SSSR count). The van der Waals surface area contributed by atoms with E-state index >= 15 is 0 Å². The molecule has 0 bridgehead atoms. The van der Waals surface area contributed by atoms with Gasteiger partial charge < -0.3 is 15.8 Å². The Morgan fingerprint density at radius 3 is 2.67 bits per heavy atom. The Morgan fingerprint density at radius 1 is 1.44 bits per heavy atom. The molecule has 1 aromatic carbocycles. The zero-order valence-electron chi connectivity index (χ0n) is 10.4.